The van der Waals surface area contributed by atoms with E-state index in [1.54, 1.807) is 0 Å². The number of benzene rings is 8. The first-order chi connectivity index (χ1) is 26.7. The molecule has 0 fully saturated rings. The lowest BCUT2D eigenvalue weighted by molar-refractivity contribution is 0.719. The quantitative estimate of drug-likeness (QED) is 0.151. The van der Waals surface area contributed by atoms with E-state index in [2.05, 4.69) is 224 Å². The van der Waals surface area contributed by atoms with Crippen molar-refractivity contribution in [3.8, 4) is 44.6 Å². The van der Waals surface area contributed by atoms with Gasteiger partial charge >= 0.3 is 0 Å². The Labute approximate surface area is 320 Å². The molecule has 1 unspecified atom stereocenters. The minimum Gasteiger partial charge on any atom is -0.0949 e. The molecule has 54 heavy (non-hydrogen) atoms. The molecule has 1 heteroatoms. The van der Waals surface area contributed by atoms with Crippen molar-refractivity contribution in [3.63, 3.8) is 0 Å². The second-order valence-corrected chi connectivity index (χ2v) is 16.9. The van der Waals surface area contributed by atoms with Crippen molar-refractivity contribution < 1.29 is 0 Å². The van der Waals surface area contributed by atoms with Crippen LogP contribution in [0.4, 0.5) is 0 Å². The normalized spacial score (nSPS) is 13.8. The Morgan fingerprint density at radius 2 is 0.889 bits per heavy atom. The molecule has 0 aromatic heterocycles. The maximum Gasteiger partial charge on any atom is 0.0408 e. The fraction of sp³-hybridized carbons (Fsp3) is 0.0566. The Kier molecular flexibility index (Phi) is 9.05. The highest BCUT2D eigenvalue weighted by molar-refractivity contribution is 8.37. The summed E-state index contributed by atoms with van der Waals surface area (Å²) in [6, 6.07) is 70.3. The highest BCUT2D eigenvalue weighted by Crippen LogP contribution is 2.67. The van der Waals surface area contributed by atoms with E-state index < -0.39 is 10.0 Å². The minimum absolute atomic E-state index is 0.409. The molecule has 0 amide bonds. The number of rotatable bonds is 6. The smallest absolute Gasteiger partial charge is 0.0408 e. The fourth-order valence-corrected chi connectivity index (χ4v) is 11.1. The summed E-state index contributed by atoms with van der Waals surface area (Å²) in [5.41, 5.74) is 11.1. The third kappa shape index (κ3) is 6.16. The number of hydrogen-bond donors (Lipinski definition) is 0. The van der Waals surface area contributed by atoms with Crippen molar-refractivity contribution in [2.24, 2.45) is 5.92 Å². The molecule has 0 radical (unpaired) electrons. The monoisotopic (exact) mass is 708 g/mol. The zero-order valence-electron chi connectivity index (χ0n) is 30.3. The molecule has 0 bridgehead atoms. The third-order valence-electron chi connectivity index (χ3n) is 10.5. The average molecular weight is 709 g/mol. The second kappa shape index (κ2) is 14.6. The van der Waals surface area contributed by atoms with E-state index in [0.717, 1.165) is 12.0 Å². The van der Waals surface area contributed by atoms with Gasteiger partial charge in [0, 0.05) is 20.2 Å². The number of fused-ring (bicyclic) bond motifs is 2. The van der Waals surface area contributed by atoms with Gasteiger partial charge < -0.3 is 0 Å². The Balaban J connectivity index is 1.34. The van der Waals surface area contributed by atoms with Crippen LogP contribution in [-0.2, 0) is 6.42 Å². The van der Waals surface area contributed by atoms with Gasteiger partial charge in [0.05, 0.1) is 0 Å². The van der Waals surface area contributed by atoms with E-state index in [0.29, 0.717) is 5.92 Å². The van der Waals surface area contributed by atoms with Gasteiger partial charge in [-0.25, -0.2) is 0 Å². The minimum atomic E-state index is -1.96. The van der Waals surface area contributed by atoms with Gasteiger partial charge in [-0.2, -0.15) is 0 Å². The SMILES string of the molecule is CC1C=Cc2c(c(-c3cc(-c4ccccc4)cc(-c4ccccc4)c3)c3ccccc3c2C#CS(c2ccccc2)(c2ccccc2)c2ccccc2)C1. The van der Waals surface area contributed by atoms with Crippen LogP contribution < -0.4 is 0 Å². The maximum atomic E-state index is 4.07. The van der Waals surface area contributed by atoms with Crippen LogP contribution in [0.15, 0.2) is 215 Å². The molecule has 258 valence electrons. The van der Waals surface area contributed by atoms with Gasteiger partial charge in [0.1, 0.15) is 0 Å². The van der Waals surface area contributed by atoms with Gasteiger partial charge in [-0.3, -0.25) is 0 Å². The summed E-state index contributed by atoms with van der Waals surface area (Å²) < 4.78 is 0. The molecule has 0 spiro atoms. The highest BCUT2D eigenvalue weighted by atomic mass is 32.3. The molecular weight excluding hydrogens is 669 g/mol. The highest BCUT2D eigenvalue weighted by Gasteiger charge is 2.30. The molecule has 0 heterocycles. The molecule has 1 aliphatic rings. The summed E-state index contributed by atoms with van der Waals surface area (Å²) in [7, 11) is -1.96. The Hall–Kier alpha value is -6.33. The van der Waals surface area contributed by atoms with Gasteiger partial charge in [-0.15, -0.1) is 0 Å². The van der Waals surface area contributed by atoms with Gasteiger partial charge in [0.25, 0.3) is 0 Å². The van der Waals surface area contributed by atoms with Crippen LogP contribution in [0.25, 0.3) is 50.2 Å². The molecule has 0 saturated heterocycles. The van der Waals surface area contributed by atoms with Crippen molar-refractivity contribution >= 4 is 26.9 Å². The van der Waals surface area contributed by atoms with Crippen molar-refractivity contribution in [1.82, 2.24) is 0 Å². The summed E-state index contributed by atoms with van der Waals surface area (Å²) in [6.07, 6.45) is 5.67. The summed E-state index contributed by atoms with van der Waals surface area (Å²) in [4.78, 5) is 3.71. The molecule has 1 atom stereocenters. The lowest BCUT2D eigenvalue weighted by atomic mass is 9.79. The van der Waals surface area contributed by atoms with E-state index in [4.69, 9.17) is 0 Å². The lowest BCUT2D eigenvalue weighted by Gasteiger charge is -2.36. The first-order valence-electron chi connectivity index (χ1n) is 18.7. The number of hydrogen-bond acceptors (Lipinski definition) is 0. The Morgan fingerprint density at radius 1 is 0.463 bits per heavy atom. The summed E-state index contributed by atoms with van der Waals surface area (Å²) in [6.45, 7) is 2.33. The Bertz CT molecular complexity index is 2510. The van der Waals surface area contributed by atoms with Crippen LogP contribution >= 0.6 is 10.0 Å². The van der Waals surface area contributed by atoms with Crippen LogP contribution in [0.1, 0.15) is 23.6 Å². The van der Waals surface area contributed by atoms with Gasteiger partial charge in [0.15, 0.2) is 0 Å². The molecule has 1 aliphatic carbocycles. The summed E-state index contributed by atoms with van der Waals surface area (Å²) in [5, 5.41) is 6.50. The molecule has 8 aromatic rings. The van der Waals surface area contributed by atoms with E-state index in [1.165, 1.54) is 70.0 Å². The van der Waals surface area contributed by atoms with Crippen molar-refractivity contribution in [1.29, 1.82) is 0 Å². The van der Waals surface area contributed by atoms with Gasteiger partial charge in [0.2, 0.25) is 0 Å². The number of allylic oxidation sites excluding steroid dienone is 1. The van der Waals surface area contributed by atoms with Crippen molar-refractivity contribution in [2.75, 3.05) is 0 Å². The van der Waals surface area contributed by atoms with E-state index >= 15 is 0 Å². The zero-order chi connectivity index (χ0) is 36.3. The first kappa shape index (κ1) is 33.5. The molecule has 0 saturated carbocycles. The predicted molar refractivity (Wildman–Crippen MR) is 231 cm³/mol. The van der Waals surface area contributed by atoms with E-state index in [-0.39, 0.29) is 0 Å². The fourth-order valence-electron chi connectivity index (χ4n) is 7.98. The van der Waals surface area contributed by atoms with Crippen molar-refractivity contribution in [3.05, 3.63) is 217 Å². The van der Waals surface area contributed by atoms with Gasteiger partial charge in [-0.1, -0.05) is 175 Å². The van der Waals surface area contributed by atoms with Crippen LogP contribution in [0, 0.1) is 17.1 Å². The zero-order valence-corrected chi connectivity index (χ0v) is 31.1. The van der Waals surface area contributed by atoms with E-state index in [9.17, 15) is 0 Å². The topological polar surface area (TPSA) is 0 Å². The van der Waals surface area contributed by atoms with Crippen molar-refractivity contribution in [2.45, 2.75) is 28.0 Å². The Morgan fingerprint density at radius 3 is 1.39 bits per heavy atom. The molecule has 9 rings (SSSR count). The average Bonchev–Trinajstić information content (AvgIpc) is 3.25. The summed E-state index contributed by atoms with van der Waals surface area (Å²) >= 11 is 0. The standard InChI is InChI=1S/C53H40S/c1-39-31-32-49-50(33-34-54(45-23-11-4-12-24-45,46-25-13-5-14-26-46)47-27-15-6-16-28-47)48-29-17-18-30-51(48)53(52(49)35-39)44-37-42(40-19-7-2-8-20-40)36-43(38-44)41-21-9-3-10-22-41/h2-32,36-39H,35H2,1H3. The second-order valence-electron chi connectivity index (χ2n) is 14.0. The predicted octanol–water partition coefficient (Wildman–Crippen LogP) is 14.3. The maximum absolute atomic E-state index is 4.07. The molecular formula is C53H40S. The van der Waals surface area contributed by atoms with Crippen LogP contribution in [0.2, 0.25) is 0 Å². The van der Waals surface area contributed by atoms with Crippen LogP contribution in [0.5, 0.6) is 0 Å². The largest absolute Gasteiger partial charge is 0.0949 e. The molecule has 0 N–H and O–H groups in total. The van der Waals surface area contributed by atoms with Gasteiger partial charge in [-0.05, 0) is 127 Å². The third-order valence-corrected chi connectivity index (χ3v) is 13.9. The molecule has 0 nitrogen and oxygen atoms in total. The lowest BCUT2D eigenvalue weighted by Crippen LogP contribution is -2.09. The summed E-state index contributed by atoms with van der Waals surface area (Å²) in [5.74, 6) is 4.37. The van der Waals surface area contributed by atoms with Crippen LogP contribution in [0.3, 0.4) is 0 Å². The van der Waals surface area contributed by atoms with E-state index in [1.807, 2.05) is 0 Å². The molecule has 8 aromatic carbocycles. The molecule has 0 aliphatic heterocycles. The first-order valence-corrected chi connectivity index (χ1v) is 20.4. The van der Waals surface area contributed by atoms with Crippen LogP contribution in [-0.4, -0.2) is 0 Å².